The quantitative estimate of drug-likeness (QED) is 0.692. The molecular weight excluding hydrogens is 314 g/mol. The van der Waals surface area contributed by atoms with Gasteiger partial charge in [-0.25, -0.2) is 19.9 Å². The predicted octanol–water partition coefficient (Wildman–Crippen LogP) is 0.313. The number of aryl methyl sites for hydroxylation is 1. The number of rotatable bonds is 6. The zero-order valence-corrected chi connectivity index (χ0v) is 13.3. The van der Waals surface area contributed by atoms with Crippen LogP contribution < -0.4 is 10.9 Å². The van der Waals surface area contributed by atoms with Crippen LogP contribution in [0.1, 0.15) is 51.6 Å². The Morgan fingerprint density at radius 2 is 1.79 bits per heavy atom. The van der Waals surface area contributed by atoms with E-state index in [9.17, 15) is 14.4 Å². The van der Waals surface area contributed by atoms with Crippen LogP contribution in [0.2, 0.25) is 0 Å². The highest BCUT2D eigenvalue weighted by atomic mass is 16.4. The summed E-state index contributed by atoms with van der Waals surface area (Å²) < 4.78 is 0. The molecule has 9 nitrogen and oxygen atoms in total. The molecule has 2 heterocycles. The first-order valence-electron chi connectivity index (χ1n) is 7.40. The molecule has 126 valence electrons. The van der Waals surface area contributed by atoms with Crippen molar-refractivity contribution in [2.75, 3.05) is 0 Å². The standard InChI is InChI=1S/C15H17N5O4/c1-3-8-9(13(21)20-19-10(8)4-2)5-18-14(22)11-6-17-12(7-16-11)15(23)24/h6-7H,3-5H2,1-2H3,(H,18,22)(H,20,21)(H,23,24). The highest BCUT2D eigenvalue weighted by molar-refractivity contribution is 5.92. The Morgan fingerprint density at radius 1 is 1.12 bits per heavy atom. The Balaban J connectivity index is 2.17. The first kappa shape index (κ1) is 17.3. The maximum Gasteiger partial charge on any atom is 0.356 e. The fourth-order valence-corrected chi connectivity index (χ4v) is 2.28. The van der Waals surface area contributed by atoms with Crippen molar-refractivity contribution in [2.24, 2.45) is 0 Å². The molecule has 2 aromatic heterocycles. The third-order valence-corrected chi connectivity index (χ3v) is 3.50. The minimum atomic E-state index is -1.22. The molecular formula is C15H17N5O4. The molecule has 0 unspecified atom stereocenters. The van der Waals surface area contributed by atoms with Gasteiger partial charge in [0.15, 0.2) is 5.69 Å². The summed E-state index contributed by atoms with van der Waals surface area (Å²) in [6.07, 6.45) is 3.37. The van der Waals surface area contributed by atoms with E-state index in [1.54, 1.807) is 0 Å². The van der Waals surface area contributed by atoms with Crippen molar-refractivity contribution in [2.45, 2.75) is 33.2 Å². The molecule has 3 N–H and O–H groups in total. The first-order chi connectivity index (χ1) is 11.5. The van der Waals surface area contributed by atoms with E-state index in [2.05, 4.69) is 25.5 Å². The highest BCUT2D eigenvalue weighted by Crippen LogP contribution is 2.10. The lowest BCUT2D eigenvalue weighted by Crippen LogP contribution is -2.30. The second kappa shape index (κ2) is 7.44. The van der Waals surface area contributed by atoms with Crippen LogP contribution in [0.15, 0.2) is 17.2 Å². The largest absolute Gasteiger partial charge is 0.476 e. The van der Waals surface area contributed by atoms with Crippen LogP contribution in [-0.4, -0.2) is 37.1 Å². The molecule has 0 spiro atoms. The lowest BCUT2D eigenvalue weighted by atomic mass is 10.0. The lowest BCUT2D eigenvalue weighted by molar-refractivity contribution is 0.0689. The molecule has 0 aliphatic carbocycles. The Morgan fingerprint density at radius 3 is 2.33 bits per heavy atom. The van der Waals surface area contributed by atoms with E-state index in [-0.39, 0.29) is 23.5 Å². The van der Waals surface area contributed by atoms with Crippen molar-refractivity contribution < 1.29 is 14.7 Å². The second-order valence-electron chi connectivity index (χ2n) is 4.94. The Hall–Kier alpha value is -3.10. The van der Waals surface area contributed by atoms with E-state index in [4.69, 9.17) is 5.11 Å². The smallest absolute Gasteiger partial charge is 0.356 e. The number of nitrogens with zero attached hydrogens (tertiary/aromatic N) is 3. The van der Waals surface area contributed by atoms with Crippen molar-refractivity contribution in [1.82, 2.24) is 25.5 Å². The molecule has 0 aromatic carbocycles. The van der Waals surface area contributed by atoms with Gasteiger partial charge >= 0.3 is 5.97 Å². The van der Waals surface area contributed by atoms with Crippen LogP contribution in [0.3, 0.4) is 0 Å². The Kier molecular flexibility index (Phi) is 5.35. The van der Waals surface area contributed by atoms with Gasteiger partial charge in [0.2, 0.25) is 0 Å². The number of hydrogen-bond donors (Lipinski definition) is 3. The van der Waals surface area contributed by atoms with Gasteiger partial charge in [0, 0.05) is 12.1 Å². The number of amides is 1. The van der Waals surface area contributed by atoms with Gasteiger partial charge in [0.05, 0.1) is 18.1 Å². The average molecular weight is 331 g/mol. The summed E-state index contributed by atoms with van der Waals surface area (Å²) in [5.41, 5.74) is 1.42. The topological polar surface area (TPSA) is 138 Å². The third-order valence-electron chi connectivity index (χ3n) is 3.50. The van der Waals surface area contributed by atoms with E-state index < -0.39 is 11.9 Å². The Labute approximate surface area is 137 Å². The predicted molar refractivity (Wildman–Crippen MR) is 83.8 cm³/mol. The number of H-pyrrole nitrogens is 1. The van der Waals surface area contributed by atoms with E-state index in [0.717, 1.165) is 23.7 Å². The molecule has 0 bridgehead atoms. The fraction of sp³-hybridized carbons (Fsp3) is 0.333. The summed E-state index contributed by atoms with van der Waals surface area (Å²) in [4.78, 5) is 42.2. The number of carbonyl (C=O) groups is 2. The number of carboxylic acids is 1. The molecule has 0 saturated heterocycles. The molecule has 0 radical (unpaired) electrons. The number of nitrogens with one attached hydrogen (secondary N) is 2. The van der Waals surface area contributed by atoms with Gasteiger partial charge in [-0.15, -0.1) is 0 Å². The number of aromatic carboxylic acids is 1. The molecule has 0 aliphatic rings. The summed E-state index contributed by atoms with van der Waals surface area (Å²) in [7, 11) is 0. The van der Waals surface area contributed by atoms with E-state index in [0.29, 0.717) is 18.4 Å². The number of hydrogen-bond acceptors (Lipinski definition) is 6. The molecule has 0 fully saturated rings. The van der Waals surface area contributed by atoms with Crippen molar-refractivity contribution in [3.8, 4) is 0 Å². The number of carboxylic acid groups (broad SMARTS) is 1. The van der Waals surface area contributed by atoms with Gasteiger partial charge < -0.3 is 10.4 Å². The van der Waals surface area contributed by atoms with Crippen LogP contribution in [-0.2, 0) is 19.4 Å². The normalized spacial score (nSPS) is 10.4. The van der Waals surface area contributed by atoms with Crippen LogP contribution >= 0.6 is 0 Å². The molecule has 24 heavy (non-hydrogen) atoms. The monoisotopic (exact) mass is 331 g/mol. The molecule has 1 amide bonds. The van der Waals surface area contributed by atoms with Gasteiger partial charge in [0.25, 0.3) is 11.5 Å². The third kappa shape index (κ3) is 3.62. The van der Waals surface area contributed by atoms with Crippen molar-refractivity contribution in [3.05, 3.63) is 51.0 Å². The molecule has 9 heteroatoms. The summed E-state index contributed by atoms with van der Waals surface area (Å²) in [5, 5.41) is 17.8. The molecule has 0 saturated carbocycles. The maximum atomic E-state index is 12.1. The fourth-order valence-electron chi connectivity index (χ4n) is 2.28. The van der Waals surface area contributed by atoms with Gasteiger partial charge in [-0.2, -0.15) is 5.10 Å². The summed E-state index contributed by atoms with van der Waals surface area (Å²) >= 11 is 0. The number of aromatic nitrogens is 4. The van der Waals surface area contributed by atoms with Gasteiger partial charge in [-0.05, 0) is 18.4 Å². The molecule has 2 rings (SSSR count). The minimum Gasteiger partial charge on any atom is -0.476 e. The van der Waals surface area contributed by atoms with E-state index in [1.165, 1.54) is 0 Å². The SMILES string of the molecule is CCc1n[nH]c(=O)c(CNC(=O)c2cnc(C(=O)O)cn2)c1CC. The lowest BCUT2D eigenvalue weighted by Gasteiger charge is -2.11. The van der Waals surface area contributed by atoms with Crippen molar-refractivity contribution >= 4 is 11.9 Å². The number of aromatic amines is 1. The molecule has 0 atom stereocenters. The summed E-state index contributed by atoms with van der Waals surface area (Å²) in [6, 6.07) is 0. The van der Waals surface area contributed by atoms with Crippen LogP contribution in [0.5, 0.6) is 0 Å². The molecule has 0 aliphatic heterocycles. The van der Waals surface area contributed by atoms with E-state index >= 15 is 0 Å². The second-order valence-corrected chi connectivity index (χ2v) is 4.94. The average Bonchev–Trinajstić information content (AvgIpc) is 2.60. The van der Waals surface area contributed by atoms with E-state index in [1.807, 2.05) is 13.8 Å². The maximum absolute atomic E-state index is 12.1. The van der Waals surface area contributed by atoms with Crippen LogP contribution in [0.25, 0.3) is 0 Å². The van der Waals surface area contributed by atoms with Crippen molar-refractivity contribution in [3.63, 3.8) is 0 Å². The van der Waals surface area contributed by atoms with Crippen molar-refractivity contribution in [1.29, 1.82) is 0 Å². The summed E-state index contributed by atoms with van der Waals surface area (Å²) in [5.74, 6) is -1.77. The Bertz CT molecular complexity index is 814. The number of carbonyl (C=O) groups excluding carboxylic acids is 1. The van der Waals surface area contributed by atoms with Crippen LogP contribution in [0, 0.1) is 0 Å². The minimum absolute atomic E-state index is 0.0230. The van der Waals surface area contributed by atoms with Gasteiger partial charge in [-0.3, -0.25) is 9.59 Å². The zero-order valence-electron chi connectivity index (χ0n) is 13.3. The summed E-state index contributed by atoms with van der Waals surface area (Å²) in [6.45, 7) is 3.87. The van der Waals surface area contributed by atoms with Gasteiger partial charge in [0.1, 0.15) is 5.69 Å². The van der Waals surface area contributed by atoms with Crippen LogP contribution in [0.4, 0.5) is 0 Å². The highest BCUT2D eigenvalue weighted by Gasteiger charge is 2.15. The van der Waals surface area contributed by atoms with Gasteiger partial charge in [-0.1, -0.05) is 13.8 Å². The first-order valence-corrected chi connectivity index (χ1v) is 7.40. The zero-order chi connectivity index (χ0) is 17.7. The molecule has 2 aromatic rings.